The Labute approximate surface area is 124 Å². The molecule has 1 aromatic heterocycles. The number of hydrogen-bond donors (Lipinski definition) is 1. The van der Waals surface area contributed by atoms with E-state index in [2.05, 4.69) is 10.5 Å². The SMILES string of the molecule is CC(C)OCCNC(=O)Cc1cc(-c2ccccc2)on1. The van der Waals surface area contributed by atoms with Crippen LogP contribution < -0.4 is 5.32 Å². The lowest BCUT2D eigenvalue weighted by Crippen LogP contribution is -2.29. The quantitative estimate of drug-likeness (QED) is 0.795. The Morgan fingerprint density at radius 2 is 2.10 bits per heavy atom. The number of nitrogens with one attached hydrogen (secondary N) is 1. The third kappa shape index (κ3) is 5.04. The number of benzene rings is 1. The molecule has 1 N–H and O–H groups in total. The Morgan fingerprint density at radius 3 is 2.81 bits per heavy atom. The standard InChI is InChI=1S/C16H20N2O3/c1-12(2)20-9-8-17-16(19)11-14-10-15(21-18-14)13-6-4-3-5-7-13/h3-7,10,12H,8-9,11H2,1-2H3,(H,17,19). The summed E-state index contributed by atoms with van der Waals surface area (Å²) in [6.07, 6.45) is 0.378. The van der Waals surface area contributed by atoms with Gasteiger partial charge in [0.25, 0.3) is 0 Å². The molecule has 112 valence electrons. The summed E-state index contributed by atoms with van der Waals surface area (Å²) >= 11 is 0. The van der Waals surface area contributed by atoms with Crippen LogP contribution in [0.25, 0.3) is 11.3 Å². The second-order valence-electron chi connectivity index (χ2n) is 4.99. The Bertz CT molecular complexity index is 564. The monoisotopic (exact) mass is 288 g/mol. The fourth-order valence-electron chi connectivity index (χ4n) is 1.85. The molecule has 0 radical (unpaired) electrons. The highest BCUT2D eigenvalue weighted by Crippen LogP contribution is 2.19. The van der Waals surface area contributed by atoms with Crippen molar-refractivity contribution in [3.63, 3.8) is 0 Å². The van der Waals surface area contributed by atoms with Crippen molar-refractivity contribution in [2.24, 2.45) is 0 Å². The molecular formula is C16H20N2O3. The fourth-order valence-corrected chi connectivity index (χ4v) is 1.85. The summed E-state index contributed by atoms with van der Waals surface area (Å²) < 4.78 is 10.6. The fraction of sp³-hybridized carbons (Fsp3) is 0.375. The first-order chi connectivity index (χ1) is 10.1. The highest BCUT2D eigenvalue weighted by Gasteiger charge is 2.10. The molecule has 0 aliphatic carbocycles. The number of nitrogens with zero attached hydrogens (tertiary/aromatic N) is 1. The number of rotatable bonds is 7. The van der Waals surface area contributed by atoms with Gasteiger partial charge in [-0.25, -0.2) is 0 Å². The highest BCUT2D eigenvalue weighted by atomic mass is 16.5. The Kier molecular flexibility index (Phi) is 5.51. The van der Waals surface area contributed by atoms with Crippen LogP contribution in [0.5, 0.6) is 0 Å². The van der Waals surface area contributed by atoms with Crippen LogP contribution in [-0.4, -0.2) is 30.3 Å². The summed E-state index contributed by atoms with van der Waals surface area (Å²) in [5, 5.41) is 6.71. The van der Waals surface area contributed by atoms with E-state index in [9.17, 15) is 4.79 Å². The maximum Gasteiger partial charge on any atom is 0.226 e. The minimum Gasteiger partial charge on any atom is -0.377 e. The van der Waals surface area contributed by atoms with Gasteiger partial charge in [0, 0.05) is 18.2 Å². The molecule has 0 atom stereocenters. The van der Waals surface area contributed by atoms with Crippen molar-refractivity contribution >= 4 is 5.91 Å². The lowest BCUT2D eigenvalue weighted by atomic mass is 10.1. The second-order valence-corrected chi connectivity index (χ2v) is 4.99. The van der Waals surface area contributed by atoms with Crippen LogP contribution in [-0.2, 0) is 16.0 Å². The van der Waals surface area contributed by atoms with E-state index in [0.29, 0.717) is 24.6 Å². The van der Waals surface area contributed by atoms with E-state index in [-0.39, 0.29) is 18.4 Å². The summed E-state index contributed by atoms with van der Waals surface area (Å²) in [6, 6.07) is 11.5. The van der Waals surface area contributed by atoms with Crippen LogP contribution >= 0.6 is 0 Å². The Balaban J connectivity index is 1.81. The van der Waals surface area contributed by atoms with E-state index in [1.807, 2.05) is 44.2 Å². The van der Waals surface area contributed by atoms with Gasteiger partial charge in [0.15, 0.2) is 5.76 Å². The summed E-state index contributed by atoms with van der Waals surface area (Å²) in [5.41, 5.74) is 1.57. The lowest BCUT2D eigenvalue weighted by Gasteiger charge is -2.07. The molecule has 5 heteroatoms. The number of aromatic nitrogens is 1. The van der Waals surface area contributed by atoms with Crippen molar-refractivity contribution in [1.29, 1.82) is 0 Å². The average molecular weight is 288 g/mol. The second kappa shape index (κ2) is 7.59. The molecule has 0 fully saturated rings. The number of hydrogen-bond acceptors (Lipinski definition) is 4. The minimum absolute atomic E-state index is 0.0877. The van der Waals surface area contributed by atoms with Gasteiger partial charge in [0.1, 0.15) is 0 Å². The normalized spacial score (nSPS) is 10.8. The molecule has 5 nitrogen and oxygen atoms in total. The van der Waals surface area contributed by atoms with Crippen LogP contribution in [0, 0.1) is 0 Å². The smallest absolute Gasteiger partial charge is 0.226 e. The first-order valence-electron chi connectivity index (χ1n) is 7.04. The predicted molar refractivity (Wildman–Crippen MR) is 79.7 cm³/mol. The molecule has 0 aliphatic rings. The van der Waals surface area contributed by atoms with Gasteiger partial charge in [-0.1, -0.05) is 35.5 Å². The van der Waals surface area contributed by atoms with Crippen molar-refractivity contribution < 1.29 is 14.1 Å². The summed E-state index contributed by atoms with van der Waals surface area (Å²) in [6.45, 7) is 4.93. The first kappa shape index (κ1) is 15.3. The van der Waals surface area contributed by atoms with Gasteiger partial charge in [-0.3, -0.25) is 4.79 Å². The molecule has 0 saturated carbocycles. The molecule has 0 bridgehead atoms. The van der Waals surface area contributed by atoms with Crippen LogP contribution in [0.2, 0.25) is 0 Å². The van der Waals surface area contributed by atoms with Gasteiger partial charge in [0.05, 0.1) is 24.8 Å². The van der Waals surface area contributed by atoms with Crippen molar-refractivity contribution in [3.8, 4) is 11.3 Å². The van der Waals surface area contributed by atoms with E-state index in [0.717, 1.165) is 5.56 Å². The molecule has 0 aliphatic heterocycles. The Morgan fingerprint density at radius 1 is 1.33 bits per heavy atom. The summed E-state index contributed by atoms with van der Waals surface area (Å²) in [5.74, 6) is 0.580. The van der Waals surface area contributed by atoms with Crippen LogP contribution in [0.15, 0.2) is 40.9 Å². The topological polar surface area (TPSA) is 64.4 Å². The van der Waals surface area contributed by atoms with E-state index in [1.54, 1.807) is 6.07 Å². The largest absolute Gasteiger partial charge is 0.377 e. The molecule has 0 saturated heterocycles. The Hall–Kier alpha value is -2.14. The van der Waals surface area contributed by atoms with E-state index in [1.165, 1.54) is 0 Å². The van der Waals surface area contributed by atoms with Crippen molar-refractivity contribution in [3.05, 3.63) is 42.1 Å². The highest BCUT2D eigenvalue weighted by molar-refractivity contribution is 5.78. The number of carbonyl (C=O) groups excluding carboxylic acids is 1. The molecule has 21 heavy (non-hydrogen) atoms. The van der Waals surface area contributed by atoms with Gasteiger partial charge in [-0.05, 0) is 13.8 Å². The molecule has 2 aromatic rings. The molecule has 2 rings (SSSR count). The van der Waals surface area contributed by atoms with Crippen molar-refractivity contribution in [2.75, 3.05) is 13.2 Å². The number of amides is 1. The molecule has 0 spiro atoms. The molecule has 1 aromatic carbocycles. The molecule has 0 unspecified atom stereocenters. The minimum atomic E-state index is -0.0877. The van der Waals surface area contributed by atoms with Crippen molar-refractivity contribution in [2.45, 2.75) is 26.4 Å². The zero-order chi connectivity index (χ0) is 15.1. The van der Waals surface area contributed by atoms with Gasteiger partial charge in [0.2, 0.25) is 5.91 Å². The molecular weight excluding hydrogens is 268 g/mol. The lowest BCUT2D eigenvalue weighted by molar-refractivity contribution is -0.120. The van der Waals surface area contributed by atoms with Crippen LogP contribution in [0.1, 0.15) is 19.5 Å². The zero-order valence-electron chi connectivity index (χ0n) is 12.3. The van der Waals surface area contributed by atoms with Crippen molar-refractivity contribution in [1.82, 2.24) is 10.5 Å². The molecule has 1 heterocycles. The summed E-state index contributed by atoms with van der Waals surface area (Å²) in [7, 11) is 0. The maximum absolute atomic E-state index is 11.8. The van der Waals surface area contributed by atoms with E-state index < -0.39 is 0 Å². The van der Waals surface area contributed by atoms with Gasteiger partial charge >= 0.3 is 0 Å². The maximum atomic E-state index is 11.8. The van der Waals surface area contributed by atoms with Gasteiger partial charge in [-0.2, -0.15) is 0 Å². The predicted octanol–water partition coefficient (Wildman–Crippen LogP) is 2.43. The van der Waals surface area contributed by atoms with E-state index >= 15 is 0 Å². The van der Waals surface area contributed by atoms with E-state index in [4.69, 9.17) is 9.26 Å². The molecule has 1 amide bonds. The third-order valence-corrected chi connectivity index (χ3v) is 2.83. The number of carbonyl (C=O) groups is 1. The van der Waals surface area contributed by atoms with Crippen LogP contribution in [0.3, 0.4) is 0 Å². The average Bonchev–Trinajstić information content (AvgIpc) is 2.93. The first-order valence-corrected chi connectivity index (χ1v) is 7.04. The third-order valence-electron chi connectivity index (χ3n) is 2.83. The number of ether oxygens (including phenoxy) is 1. The van der Waals surface area contributed by atoms with Gasteiger partial charge < -0.3 is 14.6 Å². The van der Waals surface area contributed by atoms with Gasteiger partial charge in [-0.15, -0.1) is 0 Å². The zero-order valence-corrected chi connectivity index (χ0v) is 12.3. The summed E-state index contributed by atoms with van der Waals surface area (Å²) in [4.78, 5) is 11.8. The van der Waals surface area contributed by atoms with Crippen LogP contribution in [0.4, 0.5) is 0 Å².